The van der Waals surface area contributed by atoms with Crippen LogP contribution in [0.5, 0.6) is 0 Å². The van der Waals surface area contributed by atoms with Crippen LogP contribution in [-0.2, 0) is 0 Å². The molecule has 1 rings (SSSR count). The molecule has 0 bridgehead atoms. The Morgan fingerprint density at radius 3 is 2.77 bits per heavy atom. The molecule has 0 spiro atoms. The minimum atomic E-state index is 0.0139. The zero-order chi connectivity index (χ0) is 9.84. The van der Waals surface area contributed by atoms with Gasteiger partial charge in [0.05, 0.1) is 15.8 Å². The largest absolute Gasteiger partial charge is 0.293 e. The van der Waals surface area contributed by atoms with Gasteiger partial charge in [0.15, 0.2) is 5.78 Å². The SMILES string of the molecule is CSCC(=O)c1cccc(Cl)c1Cl. The van der Waals surface area contributed by atoms with Crippen molar-refractivity contribution in [2.45, 2.75) is 0 Å². The fraction of sp³-hybridized carbons (Fsp3) is 0.222. The standard InChI is InChI=1S/C9H8Cl2OS/c1-13-5-8(12)6-3-2-4-7(10)9(6)11/h2-4H,5H2,1H3. The summed E-state index contributed by atoms with van der Waals surface area (Å²) in [5, 5.41) is 0.775. The molecule has 13 heavy (non-hydrogen) atoms. The van der Waals surface area contributed by atoms with E-state index in [2.05, 4.69) is 0 Å². The highest BCUT2D eigenvalue weighted by Crippen LogP contribution is 2.26. The summed E-state index contributed by atoms with van der Waals surface area (Å²) in [4.78, 5) is 11.5. The smallest absolute Gasteiger partial charge is 0.174 e. The number of hydrogen-bond donors (Lipinski definition) is 0. The lowest BCUT2D eigenvalue weighted by Gasteiger charge is -2.02. The van der Waals surface area contributed by atoms with Crippen LogP contribution in [0.3, 0.4) is 0 Å². The van der Waals surface area contributed by atoms with Gasteiger partial charge in [-0.1, -0.05) is 29.3 Å². The maximum atomic E-state index is 11.5. The van der Waals surface area contributed by atoms with Crippen molar-refractivity contribution in [3.8, 4) is 0 Å². The number of rotatable bonds is 3. The molecule has 0 radical (unpaired) electrons. The van der Waals surface area contributed by atoms with Gasteiger partial charge in [0.1, 0.15) is 0 Å². The van der Waals surface area contributed by atoms with Gasteiger partial charge in [-0.05, 0) is 18.4 Å². The summed E-state index contributed by atoms with van der Waals surface area (Å²) >= 11 is 13.1. The number of thioether (sulfide) groups is 1. The maximum absolute atomic E-state index is 11.5. The highest BCUT2D eigenvalue weighted by molar-refractivity contribution is 7.99. The van der Waals surface area contributed by atoms with Crippen molar-refractivity contribution in [3.05, 3.63) is 33.8 Å². The van der Waals surface area contributed by atoms with Gasteiger partial charge in [0.2, 0.25) is 0 Å². The molecule has 0 fully saturated rings. The third-order valence-electron chi connectivity index (χ3n) is 1.53. The Labute approximate surface area is 91.4 Å². The third-order valence-corrected chi connectivity index (χ3v) is 2.90. The van der Waals surface area contributed by atoms with Crippen LogP contribution in [0, 0.1) is 0 Å². The van der Waals surface area contributed by atoms with E-state index in [-0.39, 0.29) is 5.78 Å². The second kappa shape index (κ2) is 4.89. The van der Waals surface area contributed by atoms with Crippen LogP contribution in [0.4, 0.5) is 0 Å². The predicted octanol–water partition coefficient (Wildman–Crippen LogP) is 3.54. The number of hydrogen-bond acceptors (Lipinski definition) is 2. The summed E-state index contributed by atoms with van der Waals surface area (Å²) in [6.07, 6.45) is 1.87. The van der Waals surface area contributed by atoms with E-state index in [0.717, 1.165) is 0 Å². The summed E-state index contributed by atoms with van der Waals surface area (Å²) in [5.41, 5.74) is 0.503. The van der Waals surface area contributed by atoms with E-state index in [1.807, 2.05) is 6.26 Å². The normalized spacial score (nSPS) is 10.1. The summed E-state index contributed by atoms with van der Waals surface area (Å²) in [6, 6.07) is 5.08. The Morgan fingerprint density at radius 2 is 2.15 bits per heavy atom. The van der Waals surface area contributed by atoms with Crippen LogP contribution in [0.25, 0.3) is 0 Å². The summed E-state index contributed by atoms with van der Waals surface area (Å²) in [7, 11) is 0. The molecule has 0 atom stereocenters. The van der Waals surface area contributed by atoms with Crippen molar-refractivity contribution in [2.75, 3.05) is 12.0 Å². The van der Waals surface area contributed by atoms with Crippen molar-refractivity contribution in [1.82, 2.24) is 0 Å². The molecule has 0 amide bonds. The Bertz CT molecular complexity index is 325. The molecule has 4 heteroatoms. The molecular weight excluding hydrogens is 227 g/mol. The highest BCUT2D eigenvalue weighted by atomic mass is 35.5. The second-order valence-corrected chi connectivity index (χ2v) is 4.11. The minimum absolute atomic E-state index is 0.0139. The quantitative estimate of drug-likeness (QED) is 0.745. The molecule has 70 valence electrons. The van der Waals surface area contributed by atoms with Crippen molar-refractivity contribution >= 4 is 40.7 Å². The fourth-order valence-corrected chi connectivity index (χ4v) is 1.75. The zero-order valence-electron chi connectivity index (χ0n) is 7.01. The van der Waals surface area contributed by atoms with Crippen LogP contribution in [0.1, 0.15) is 10.4 Å². The number of Topliss-reactive ketones (excluding diaryl/α,β-unsaturated/α-hetero) is 1. The van der Waals surface area contributed by atoms with Gasteiger partial charge >= 0.3 is 0 Å². The number of ketones is 1. The molecule has 0 unspecified atom stereocenters. The van der Waals surface area contributed by atoms with Crippen LogP contribution in [0.2, 0.25) is 10.0 Å². The number of halogens is 2. The van der Waals surface area contributed by atoms with E-state index in [1.165, 1.54) is 11.8 Å². The molecule has 0 aliphatic rings. The summed E-state index contributed by atoms with van der Waals surface area (Å²) in [6.45, 7) is 0. The van der Waals surface area contributed by atoms with Gasteiger partial charge in [0.25, 0.3) is 0 Å². The van der Waals surface area contributed by atoms with Crippen molar-refractivity contribution in [1.29, 1.82) is 0 Å². The Hall–Kier alpha value is -0.180. The summed E-state index contributed by atoms with van der Waals surface area (Å²) < 4.78 is 0. The van der Waals surface area contributed by atoms with Crippen LogP contribution in [-0.4, -0.2) is 17.8 Å². The van der Waals surface area contributed by atoms with E-state index < -0.39 is 0 Å². The van der Waals surface area contributed by atoms with Crippen LogP contribution >= 0.6 is 35.0 Å². The van der Waals surface area contributed by atoms with E-state index in [4.69, 9.17) is 23.2 Å². The minimum Gasteiger partial charge on any atom is -0.293 e. The zero-order valence-corrected chi connectivity index (χ0v) is 9.34. The maximum Gasteiger partial charge on any atom is 0.174 e. The molecule has 0 saturated heterocycles. The van der Waals surface area contributed by atoms with E-state index in [1.54, 1.807) is 18.2 Å². The Balaban J connectivity index is 3.01. The molecule has 0 saturated carbocycles. The number of carbonyl (C=O) groups is 1. The van der Waals surface area contributed by atoms with E-state index >= 15 is 0 Å². The van der Waals surface area contributed by atoms with Gasteiger partial charge in [-0.15, -0.1) is 0 Å². The van der Waals surface area contributed by atoms with Crippen molar-refractivity contribution < 1.29 is 4.79 Å². The Kier molecular flexibility index (Phi) is 4.10. The van der Waals surface area contributed by atoms with E-state index in [0.29, 0.717) is 21.4 Å². The molecular formula is C9H8Cl2OS. The first-order chi connectivity index (χ1) is 6.16. The molecule has 0 aliphatic carbocycles. The topological polar surface area (TPSA) is 17.1 Å². The first kappa shape index (κ1) is 10.9. The summed E-state index contributed by atoms with van der Waals surface area (Å²) in [5.74, 6) is 0.445. The highest BCUT2D eigenvalue weighted by Gasteiger charge is 2.11. The number of carbonyl (C=O) groups excluding carboxylic acids is 1. The van der Waals surface area contributed by atoms with Gasteiger partial charge < -0.3 is 0 Å². The van der Waals surface area contributed by atoms with Crippen molar-refractivity contribution in [3.63, 3.8) is 0 Å². The average molecular weight is 235 g/mol. The Morgan fingerprint density at radius 1 is 1.46 bits per heavy atom. The van der Waals surface area contributed by atoms with Crippen LogP contribution in [0.15, 0.2) is 18.2 Å². The van der Waals surface area contributed by atoms with E-state index in [9.17, 15) is 4.79 Å². The lowest BCUT2D eigenvalue weighted by Crippen LogP contribution is -2.02. The molecule has 0 N–H and O–H groups in total. The molecule has 0 aliphatic heterocycles. The molecule has 1 aromatic rings. The number of benzene rings is 1. The lowest BCUT2D eigenvalue weighted by atomic mass is 10.1. The fourth-order valence-electron chi connectivity index (χ4n) is 0.928. The first-order valence-corrected chi connectivity index (χ1v) is 5.78. The van der Waals surface area contributed by atoms with Crippen molar-refractivity contribution in [2.24, 2.45) is 0 Å². The molecule has 0 heterocycles. The monoisotopic (exact) mass is 234 g/mol. The first-order valence-electron chi connectivity index (χ1n) is 3.63. The van der Waals surface area contributed by atoms with Gasteiger partial charge in [-0.2, -0.15) is 11.8 Å². The average Bonchev–Trinajstić information content (AvgIpc) is 2.10. The molecule has 1 aromatic carbocycles. The van der Waals surface area contributed by atoms with Gasteiger partial charge in [-0.3, -0.25) is 4.79 Å². The predicted molar refractivity (Wildman–Crippen MR) is 59.2 cm³/mol. The molecule has 0 aromatic heterocycles. The van der Waals surface area contributed by atoms with Gasteiger partial charge in [-0.25, -0.2) is 0 Å². The second-order valence-electron chi connectivity index (χ2n) is 2.46. The lowest BCUT2D eigenvalue weighted by molar-refractivity contribution is 0.102. The van der Waals surface area contributed by atoms with Crippen LogP contribution < -0.4 is 0 Å². The third kappa shape index (κ3) is 2.63. The molecule has 1 nitrogen and oxygen atoms in total. The van der Waals surface area contributed by atoms with Gasteiger partial charge in [0, 0.05) is 5.56 Å².